The van der Waals surface area contributed by atoms with Crippen LogP contribution in [0.2, 0.25) is 0 Å². The van der Waals surface area contributed by atoms with Gasteiger partial charge in [-0.1, -0.05) is 26.2 Å². The van der Waals surface area contributed by atoms with E-state index >= 15 is 0 Å². The maximum absolute atomic E-state index is 11.0. The largest absolute Gasteiger partial charge is 0.235 e. The van der Waals surface area contributed by atoms with Crippen molar-refractivity contribution in [3.05, 3.63) is 0 Å². The molecular formula is C8H15ClO2S. The molecule has 0 aromatic rings. The first-order valence-electron chi connectivity index (χ1n) is 4.47. The topological polar surface area (TPSA) is 34.1 Å². The number of hydrogen-bond donors (Lipinski definition) is 0. The second kappa shape index (κ2) is 3.97. The van der Waals surface area contributed by atoms with E-state index in [1.165, 1.54) is 6.42 Å². The van der Waals surface area contributed by atoms with Crippen LogP contribution in [0.4, 0.5) is 0 Å². The van der Waals surface area contributed by atoms with Crippen LogP contribution in [0.5, 0.6) is 0 Å². The van der Waals surface area contributed by atoms with Crippen molar-refractivity contribution in [2.45, 2.75) is 44.3 Å². The summed E-state index contributed by atoms with van der Waals surface area (Å²) >= 11 is 0. The number of halogens is 1. The molecule has 0 saturated heterocycles. The van der Waals surface area contributed by atoms with E-state index in [1.54, 1.807) is 0 Å². The van der Waals surface area contributed by atoms with Crippen molar-refractivity contribution in [3.63, 3.8) is 0 Å². The Bertz CT molecular complexity index is 235. The Balaban J connectivity index is 2.58. The molecule has 1 fully saturated rings. The molecule has 0 aromatic heterocycles. The highest BCUT2D eigenvalue weighted by molar-refractivity contribution is 8.14. The molecule has 0 N–H and O–H groups in total. The van der Waals surface area contributed by atoms with Gasteiger partial charge in [-0.25, -0.2) is 8.42 Å². The van der Waals surface area contributed by atoms with Gasteiger partial charge in [-0.2, -0.15) is 0 Å². The van der Waals surface area contributed by atoms with E-state index in [2.05, 4.69) is 6.92 Å². The average Bonchev–Trinajstić information content (AvgIpc) is 2.03. The first-order chi connectivity index (χ1) is 5.54. The van der Waals surface area contributed by atoms with Crippen LogP contribution < -0.4 is 0 Å². The molecular weight excluding hydrogens is 196 g/mol. The van der Waals surface area contributed by atoms with Gasteiger partial charge in [0.15, 0.2) is 0 Å². The van der Waals surface area contributed by atoms with E-state index in [1.807, 2.05) is 0 Å². The molecule has 2 unspecified atom stereocenters. The molecule has 0 amide bonds. The van der Waals surface area contributed by atoms with Crippen LogP contribution in [0.15, 0.2) is 0 Å². The predicted octanol–water partition coefficient (Wildman–Crippen LogP) is 2.52. The second-order valence-corrected chi connectivity index (χ2v) is 6.45. The maximum atomic E-state index is 11.0. The molecule has 0 spiro atoms. The van der Waals surface area contributed by atoms with E-state index in [0.29, 0.717) is 5.92 Å². The van der Waals surface area contributed by atoms with Gasteiger partial charge in [-0.15, -0.1) is 0 Å². The summed E-state index contributed by atoms with van der Waals surface area (Å²) in [5.74, 6) is 0.567. The van der Waals surface area contributed by atoms with Crippen LogP contribution in [-0.2, 0) is 9.05 Å². The van der Waals surface area contributed by atoms with Crippen LogP contribution in [0, 0.1) is 5.92 Å². The third-order valence-corrected chi connectivity index (χ3v) is 4.69. The molecule has 0 aromatic carbocycles. The summed E-state index contributed by atoms with van der Waals surface area (Å²) < 4.78 is 22.0. The summed E-state index contributed by atoms with van der Waals surface area (Å²) in [6.07, 6.45) is 4.77. The van der Waals surface area contributed by atoms with Gasteiger partial charge in [-0.3, -0.25) is 0 Å². The molecule has 1 aliphatic rings. The highest BCUT2D eigenvalue weighted by atomic mass is 35.7. The summed E-state index contributed by atoms with van der Waals surface area (Å²) in [7, 11) is 2.01. The Kier molecular flexibility index (Phi) is 3.41. The first-order valence-corrected chi connectivity index (χ1v) is 6.84. The van der Waals surface area contributed by atoms with Crippen molar-refractivity contribution < 1.29 is 8.42 Å². The van der Waals surface area contributed by atoms with Crippen LogP contribution >= 0.6 is 10.7 Å². The summed E-state index contributed by atoms with van der Waals surface area (Å²) in [6, 6.07) is 0. The standard InChI is InChI=1S/C8H15ClO2S/c1-2-7-4-3-5-8(6-7)12(9,10)11/h7-8H,2-6H2,1H3. The monoisotopic (exact) mass is 210 g/mol. The summed E-state index contributed by atoms with van der Waals surface area (Å²) in [5.41, 5.74) is 0. The van der Waals surface area contributed by atoms with E-state index < -0.39 is 9.05 Å². The lowest BCUT2D eigenvalue weighted by Crippen LogP contribution is -2.24. The highest BCUT2D eigenvalue weighted by Gasteiger charge is 2.29. The predicted molar refractivity (Wildman–Crippen MR) is 50.8 cm³/mol. The summed E-state index contributed by atoms with van der Waals surface area (Å²) in [5, 5.41) is -0.280. The normalized spacial score (nSPS) is 31.8. The van der Waals surface area contributed by atoms with Gasteiger partial charge in [-0.05, 0) is 18.8 Å². The molecule has 2 atom stereocenters. The Hall–Kier alpha value is 0.240. The molecule has 1 saturated carbocycles. The lowest BCUT2D eigenvalue weighted by atomic mass is 9.87. The molecule has 0 heterocycles. The average molecular weight is 211 g/mol. The minimum atomic E-state index is -3.30. The van der Waals surface area contributed by atoms with Crippen molar-refractivity contribution in [3.8, 4) is 0 Å². The van der Waals surface area contributed by atoms with Crippen molar-refractivity contribution in [1.82, 2.24) is 0 Å². The molecule has 12 heavy (non-hydrogen) atoms. The third kappa shape index (κ3) is 2.63. The fourth-order valence-corrected chi connectivity index (χ4v) is 3.30. The number of rotatable bonds is 2. The lowest BCUT2D eigenvalue weighted by molar-refractivity contribution is 0.350. The molecule has 1 aliphatic carbocycles. The molecule has 0 radical (unpaired) electrons. The van der Waals surface area contributed by atoms with Crippen LogP contribution in [0.25, 0.3) is 0 Å². The third-order valence-electron chi connectivity index (χ3n) is 2.71. The molecule has 1 rings (SSSR count). The van der Waals surface area contributed by atoms with Crippen LogP contribution in [0.1, 0.15) is 39.0 Å². The summed E-state index contributed by atoms with van der Waals surface area (Å²) in [4.78, 5) is 0. The first kappa shape index (κ1) is 10.3. The zero-order valence-electron chi connectivity index (χ0n) is 7.29. The number of hydrogen-bond acceptors (Lipinski definition) is 2. The van der Waals surface area contributed by atoms with Crippen molar-refractivity contribution in [2.75, 3.05) is 0 Å². The van der Waals surface area contributed by atoms with Gasteiger partial charge < -0.3 is 0 Å². The van der Waals surface area contributed by atoms with Gasteiger partial charge in [0.25, 0.3) is 0 Å². The van der Waals surface area contributed by atoms with Gasteiger partial charge >= 0.3 is 0 Å². The Labute approximate surface area is 78.7 Å². The molecule has 0 aliphatic heterocycles. The fourth-order valence-electron chi connectivity index (χ4n) is 1.87. The Morgan fingerprint density at radius 3 is 2.58 bits per heavy atom. The lowest BCUT2D eigenvalue weighted by Gasteiger charge is -2.25. The van der Waals surface area contributed by atoms with Gasteiger partial charge in [0.1, 0.15) is 0 Å². The van der Waals surface area contributed by atoms with Crippen LogP contribution in [0.3, 0.4) is 0 Å². The van der Waals surface area contributed by atoms with Crippen molar-refractivity contribution >= 4 is 19.7 Å². The molecule has 2 nitrogen and oxygen atoms in total. The van der Waals surface area contributed by atoms with Crippen molar-refractivity contribution in [1.29, 1.82) is 0 Å². The molecule has 4 heteroatoms. The molecule has 0 bridgehead atoms. The minimum Gasteiger partial charge on any atom is -0.212 e. The van der Waals surface area contributed by atoms with Crippen molar-refractivity contribution in [2.24, 2.45) is 5.92 Å². The Morgan fingerprint density at radius 1 is 1.42 bits per heavy atom. The quantitative estimate of drug-likeness (QED) is 0.657. The minimum absolute atomic E-state index is 0.280. The zero-order valence-corrected chi connectivity index (χ0v) is 8.87. The van der Waals surface area contributed by atoms with Gasteiger partial charge in [0.2, 0.25) is 9.05 Å². The highest BCUT2D eigenvalue weighted by Crippen LogP contribution is 2.31. The van der Waals surface area contributed by atoms with Crippen LogP contribution in [-0.4, -0.2) is 13.7 Å². The van der Waals surface area contributed by atoms with E-state index in [4.69, 9.17) is 10.7 Å². The van der Waals surface area contributed by atoms with E-state index in [-0.39, 0.29) is 5.25 Å². The maximum Gasteiger partial charge on any atom is 0.235 e. The Morgan fingerprint density at radius 2 is 2.08 bits per heavy atom. The molecule has 72 valence electrons. The van der Waals surface area contributed by atoms with E-state index in [9.17, 15) is 8.42 Å². The summed E-state index contributed by atoms with van der Waals surface area (Å²) in [6.45, 7) is 2.11. The van der Waals surface area contributed by atoms with Gasteiger partial charge in [0, 0.05) is 10.7 Å². The SMILES string of the molecule is CCC1CCCC(S(=O)(=O)Cl)C1. The fraction of sp³-hybridized carbons (Fsp3) is 1.00. The second-order valence-electron chi connectivity index (χ2n) is 3.54. The van der Waals surface area contributed by atoms with E-state index in [0.717, 1.165) is 25.7 Å². The zero-order chi connectivity index (χ0) is 9.19. The van der Waals surface area contributed by atoms with Gasteiger partial charge in [0.05, 0.1) is 5.25 Å². The smallest absolute Gasteiger partial charge is 0.212 e.